The minimum absolute atomic E-state index is 0.684. The topological polar surface area (TPSA) is 31.4 Å². The van der Waals surface area contributed by atoms with Crippen molar-refractivity contribution in [1.29, 1.82) is 0 Å². The average Bonchev–Trinajstić information content (AvgIpc) is 2.52. The van der Waals surface area contributed by atoms with Crippen molar-refractivity contribution in [3.63, 3.8) is 0 Å². The molecule has 4 heteroatoms. The summed E-state index contributed by atoms with van der Waals surface area (Å²) in [5.41, 5.74) is 2.81. The van der Waals surface area contributed by atoms with Gasteiger partial charge in [-0.3, -0.25) is 4.98 Å². The number of nitrogens with zero attached hydrogens (tertiary/aromatic N) is 1. The van der Waals surface area contributed by atoms with Crippen molar-refractivity contribution in [1.82, 2.24) is 4.98 Å². The van der Waals surface area contributed by atoms with Gasteiger partial charge in [0.1, 0.15) is 0 Å². The number of aromatic nitrogens is 1. The van der Waals surface area contributed by atoms with E-state index in [-0.39, 0.29) is 0 Å². The van der Waals surface area contributed by atoms with Gasteiger partial charge in [0.2, 0.25) is 0 Å². The number of rotatable bonds is 3. The number of methoxy groups -OCH3 is 2. The lowest BCUT2D eigenvalue weighted by Gasteiger charge is -2.13. The number of fused-ring (bicyclic) bond motifs is 1. The highest BCUT2D eigenvalue weighted by Crippen LogP contribution is 2.37. The molecule has 0 spiro atoms. The standard InChI is InChI=1S/C18H16ClNO2/c1-11-7-13-9-16(21-2)17(22-3)10-15(13)18(20-11)12-5-4-6-14(19)8-12/h4-10H,1-3H3. The highest BCUT2D eigenvalue weighted by Gasteiger charge is 2.12. The molecule has 3 nitrogen and oxygen atoms in total. The molecular formula is C18H16ClNO2. The minimum Gasteiger partial charge on any atom is -0.493 e. The van der Waals surface area contributed by atoms with Gasteiger partial charge < -0.3 is 9.47 Å². The van der Waals surface area contributed by atoms with Crippen molar-refractivity contribution in [2.45, 2.75) is 6.92 Å². The van der Waals surface area contributed by atoms with Crippen LogP contribution in [0, 0.1) is 6.92 Å². The van der Waals surface area contributed by atoms with E-state index >= 15 is 0 Å². The van der Waals surface area contributed by atoms with E-state index in [9.17, 15) is 0 Å². The quantitative estimate of drug-likeness (QED) is 0.690. The summed E-state index contributed by atoms with van der Waals surface area (Å²) >= 11 is 6.12. The van der Waals surface area contributed by atoms with Crippen LogP contribution in [0.1, 0.15) is 5.69 Å². The summed E-state index contributed by atoms with van der Waals surface area (Å²) in [6, 6.07) is 13.7. The van der Waals surface area contributed by atoms with Crippen LogP contribution in [0.15, 0.2) is 42.5 Å². The van der Waals surface area contributed by atoms with Crippen LogP contribution in [0.5, 0.6) is 11.5 Å². The Hall–Kier alpha value is -2.26. The lowest BCUT2D eigenvalue weighted by Crippen LogP contribution is -1.94. The Morgan fingerprint density at radius 2 is 1.68 bits per heavy atom. The summed E-state index contributed by atoms with van der Waals surface area (Å²) in [4.78, 5) is 4.69. The molecule has 0 bridgehead atoms. The molecule has 22 heavy (non-hydrogen) atoms. The molecule has 0 aliphatic rings. The van der Waals surface area contributed by atoms with Gasteiger partial charge in [0.25, 0.3) is 0 Å². The first-order valence-electron chi connectivity index (χ1n) is 6.91. The largest absolute Gasteiger partial charge is 0.493 e. The molecule has 0 aliphatic heterocycles. The zero-order chi connectivity index (χ0) is 15.7. The summed E-state index contributed by atoms with van der Waals surface area (Å²) in [5, 5.41) is 2.75. The van der Waals surface area contributed by atoms with E-state index in [0.29, 0.717) is 16.5 Å². The highest BCUT2D eigenvalue weighted by atomic mass is 35.5. The van der Waals surface area contributed by atoms with Gasteiger partial charge in [-0.1, -0.05) is 23.7 Å². The summed E-state index contributed by atoms with van der Waals surface area (Å²) in [6.07, 6.45) is 0. The van der Waals surface area contributed by atoms with Crippen LogP contribution in [0.25, 0.3) is 22.0 Å². The van der Waals surface area contributed by atoms with E-state index in [2.05, 4.69) is 4.98 Å². The van der Waals surface area contributed by atoms with Crippen LogP contribution in [-0.2, 0) is 0 Å². The van der Waals surface area contributed by atoms with Gasteiger partial charge in [-0.05, 0) is 42.6 Å². The van der Waals surface area contributed by atoms with E-state index in [0.717, 1.165) is 27.7 Å². The third-order valence-corrected chi connectivity index (χ3v) is 3.80. The Morgan fingerprint density at radius 1 is 0.955 bits per heavy atom. The Morgan fingerprint density at radius 3 is 2.36 bits per heavy atom. The zero-order valence-corrected chi connectivity index (χ0v) is 13.4. The predicted octanol–water partition coefficient (Wildman–Crippen LogP) is 4.88. The smallest absolute Gasteiger partial charge is 0.161 e. The number of aryl methyl sites for hydroxylation is 1. The van der Waals surface area contributed by atoms with E-state index in [1.165, 1.54) is 0 Å². The number of halogens is 1. The van der Waals surface area contributed by atoms with Crippen molar-refractivity contribution in [2.24, 2.45) is 0 Å². The first-order valence-corrected chi connectivity index (χ1v) is 7.29. The Labute approximate surface area is 134 Å². The molecule has 0 radical (unpaired) electrons. The first kappa shape index (κ1) is 14.7. The first-order chi connectivity index (χ1) is 10.6. The minimum atomic E-state index is 0.684. The maximum Gasteiger partial charge on any atom is 0.161 e. The fourth-order valence-corrected chi connectivity index (χ4v) is 2.76. The Bertz CT molecular complexity index is 846. The zero-order valence-electron chi connectivity index (χ0n) is 12.7. The lowest BCUT2D eigenvalue weighted by molar-refractivity contribution is 0.356. The monoisotopic (exact) mass is 313 g/mol. The van der Waals surface area contributed by atoms with Gasteiger partial charge >= 0.3 is 0 Å². The fourth-order valence-electron chi connectivity index (χ4n) is 2.57. The predicted molar refractivity (Wildman–Crippen MR) is 90.0 cm³/mol. The van der Waals surface area contributed by atoms with E-state index in [4.69, 9.17) is 21.1 Å². The molecule has 1 heterocycles. The summed E-state index contributed by atoms with van der Waals surface area (Å²) < 4.78 is 10.8. The highest BCUT2D eigenvalue weighted by molar-refractivity contribution is 6.30. The normalized spacial score (nSPS) is 10.7. The van der Waals surface area contributed by atoms with Crippen molar-refractivity contribution in [3.8, 4) is 22.8 Å². The second-order valence-electron chi connectivity index (χ2n) is 5.05. The van der Waals surface area contributed by atoms with E-state index < -0.39 is 0 Å². The summed E-state index contributed by atoms with van der Waals surface area (Å²) in [5.74, 6) is 1.39. The molecule has 0 unspecified atom stereocenters. The van der Waals surface area contributed by atoms with Gasteiger partial charge in [-0.25, -0.2) is 0 Å². The van der Waals surface area contributed by atoms with Gasteiger partial charge in [-0.2, -0.15) is 0 Å². The Kier molecular flexibility index (Phi) is 3.90. The van der Waals surface area contributed by atoms with Crippen LogP contribution < -0.4 is 9.47 Å². The van der Waals surface area contributed by atoms with Crippen LogP contribution in [0.4, 0.5) is 0 Å². The third-order valence-electron chi connectivity index (χ3n) is 3.56. The maximum absolute atomic E-state index is 6.12. The van der Waals surface area contributed by atoms with E-state index in [1.54, 1.807) is 14.2 Å². The number of hydrogen-bond acceptors (Lipinski definition) is 3. The maximum atomic E-state index is 6.12. The van der Waals surface area contributed by atoms with Crippen LogP contribution in [0.3, 0.4) is 0 Å². The molecule has 0 amide bonds. The molecule has 112 valence electrons. The Balaban J connectivity index is 2.34. The summed E-state index contributed by atoms with van der Waals surface area (Å²) in [7, 11) is 3.26. The van der Waals surface area contributed by atoms with Crippen LogP contribution >= 0.6 is 11.6 Å². The van der Waals surface area contributed by atoms with Crippen molar-refractivity contribution < 1.29 is 9.47 Å². The molecule has 0 saturated carbocycles. The molecule has 0 N–H and O–H groups in total. The van der Waals surface area contributed by atoms with Gasteiger partial charge in [0, 0.05) is 21.7 Å². The van der Waals surface area contributed by atoms with Crippen molar-refractivity contribution in [3.05, 3.63) is 53.2 Å². The molecule has 0 aliphatic carbocycles. The summed E-state index contributed by atoms with van der Waals surface area (Å²) in [6.45, 7) is 1.98. The average molecular weight is 314 g/mol. The molecule has 0 saturated heterocycles. The van der Waals surface area contributed by atoms with E-state index in [1.807, 2.05) is 49.4 Å². The second kappa shape index (κ2) is 5.85. The molecule has 1 aromatic heterocycles. The van der Waals surface area contributed by atoms with Crippen molar-refractivity contribution >= 4 is 22.4 Å². The molecule has 2 aromatic carbocycles. The third kappa shape index (κ3) is 2.60. The van der Waals surface area contributed by atoms with Gasteiger partial charge in [-0.15, -0.1) is 0 Å². The number of pyridine rings is 1. The number of hydrogen-bond donors (Lipinski definition) is 0. The van der Waals surface area contributed by atoms with Crippen molar-refractivity contribution in [2.75, 3.05) is 14.2 Å². The number of benzene rings is 2. The number of ether oxygens (including phenoxy) is 2. The molecule has 3 aromatic rings. The molecular weight excluding hydrogens is 298 g/mol. The van der Waals surface area contributed by atoms with Gasteiger partial charge in [0.05, 0.1) is 19.9 Å². The molecule has 3 rings (SSSR count). The second-order valence-corrected chi connectivity index (χ2v) is 5.49. The van der Waals surface area contributed by atoms with Gasteiger partial charge in [0.15, 0.2) is 11.5 Å². The lowest BCUT2D eigenvalue weighted by atomic mass is 10.0. The fraction of sp³-hybridized carbons (Fsp3) is 0.167. The molecule has 0 atom stereocenters. The SMILES string of the molecule is COc1cc2cc(C)nc(-c3cccc(Cl)c3)c2cc1OC. The van der Waals surface area contributed by atoms with Crippen LogP contribution in [-0.4, -0.2) is 19.2 Å². The molecule has 0 fully saturated rings. The van der Waals surface area contributed by atoms with Crippen LogP contribution in [0.2, 0.25) is 5.02 Å².